The minimum absolute atomic E-state index is 0.201. The molecule has 3 aliphatic rings. The Labute approximate surface area is 169 Å². The van der Waals surface area contributed by atoms with Crippen molar-refractivity contribution in [2.45, 2.75) is 71.1 Å². The number of nitrogens with two attached hydrogens (primary N) is 1. The fourth-order valence-electron chi connectivity index (χ4n) is 6.91. The molecule has 156 valence electrons. The molecule has 0 aliphatic heterocycles. The molecule has 0 saturated heterocycles. The van der Waals surface area contributed by atoms with E-state index in [1.54, 1.807) is 7.11 Å². The van der Waals surface area contributed by atoms with Crippen molar-refractivity contribution < 1.29 is 17.3 Å². The molecule has 5 atom stereocenters. The Kier molecular flexibility index (Phi) is 5.15. The van der Waals surface area contributed by atoms with Gasteiger partial charge in [0, 0.05) is 0 Å². The van der Waals surface area contributed by atoms with Crippen LogP contribution >= 0.6 is 0 Å². The molecular formula is C22H33NO4S. The van der Waals surface area contributed by atoms with Gasteiger partial charge in [0.05, 0.1) is 7.11 Å². The minimum Gasteiger partial charge on any atom is -0.493 e. The monoisotopic (exact) mass is 407 g/mol. The van der Waals surface area contributed by atoms with E-state index in [9.17, 15) is 8.42 Å². The van der Waals surface area contributed by atoms with Gasteiger partial charge in [-0.05, 0) is 90.9 Å². The predicted molar refractivity (Wildman–Crippen MR) is 110 cm³/mol. The molecule has 28 heavy (non-hydrogen) atoms. The lowest BCUT2D eigenvalue weighted by atomic mass is 9.47. The molecule has 0 aromatic heterocycles. The third kappa shape index (κ3) is 3.32. The van der Waals surface area contributed by atoms with Crippen LogP contribution in [0, 0.1) is 23.2 Å². The lowest BCUT2D eigenvalue weighted by molar-refractivity contribution is -0.0512. The van der Waals surface area contributed by atoms with E-state index in [1.807, 2.05) is 12.1 Å². The first-order valence-electron chi connectivity index (χ1n) is 10.7. The molecule has 2 N–H and O–H groups in total. The van der Waals surface area contributed by atoms with Crippen molar-refractivity contribution in [3.05, 3.63) is 23.3 Å². The Morgan fingerprint density at radius 3 is 2.64 bits per heavy atom. The number of fused-ring (bicyclic) bond motifs is 5. The van der Waals surface area contributed by atoms with E-state index in [2.05, 4.69) is 13.8 Å². The van der Waals surface area contributed by atoms with Crippen LogP contribution in [-0.4, -0.2) is 15.5 Å². The second-order valence-corrected chi connectivity index (χ2v) is 10.4. The third-order valence-corrected chi connectivity index (χ3v) is 8.56. The summed E-state index contributed by atoms with van der Waals surface area (Å²) in [7, 11) is -2.53. The van der Waals surface area contributed by atoms with Crippen molar-refractivity contribution in [3.8, 4) is 11.5 Å². The lowest BCUT2D eigenvalue weighted by Gasteiger charge is -2.57. The maximum atomic E-state index is 11.4. The topological polar surface area (TPSA) is 78.6 Å². The number of hydrogen-bond donors (Lipinski definition) is 1. The first kappa shape index (κ1) is 20.0. The normalized spacial score (nSPS) is 34.7. The van der Waals surface area contributed by atoms with Crippen LogP contribution in [0.3, 0.4) is 0 Å². The zero-order chi connectivity index (χ0) is 20.1. The second kappa shape index (κ2) is 7.21. The molecule has 5 nitrogen and oxygen atoms in total. The summed E-state index contributed by atoms with van der Waals surface area (Å²) < 4.78 is 33.3. The van der Waals surface area contributed by atoms with E-state index in [0.717, 1.165) is 24.2 Å². The van der Waals surface area contributed by atoms with Gasteiger partial charge in [-0.15, -0.1) is 0 Å². The molecule has 4 rings (SSSR count). The Morgan fingerprint density at radius 2 is 1.96 bits per heavy atom. The zero-order valence-corrected chi connectivity index (χ0v) is 18.1. The SMILES string of the molecule is CC[C@H]1CCCC2C3CCc4cc(OS(N)(=O)=O)c(OC)cc4C3CC[C@@]21C. The van der Waals surface area contributed by atoms with Gasteiger partial charge in [0.15, 0.2) is 11.5 Å². The molecule has 2 saturated carbocycles. The molecule has 1 aromatic rings. The summed E-state index contributed by atoms with van der Waals surface area (Å²) in [5.41, 5.74) is 2.99. The van der Waals surface area contributed by atoms with Crippen molar-refractivity contribution in [1.82, 2.24) is 0 Å². The fraction of sp³-hybridized carbons (Fsp3) is 0.727. The van der Waals surface area contributed by atoms with Gasteiger partial charge in [-0.2, -0.15) is 13.6 Å². The molecule has 2 fully saturated rings. The molecule has 1 aromatic carbocycles. The predicted octanol–water partition coefficient (Wildman–Crippen LogP) is 4.55. The quantitative estimate of drug-likeness (QED) is 0.794. The average molecular weight is 408 g/mol. The maximum Gasteiger partial charge on any atom is 0.380 e. The molecule has 0 radical (unpaired) electrons. The third-order valence-electron chi connectivity index (χ3n) is 8.15. The van der Waals surface area contributed by atoms with Crippen LogP contribution in [0.4, 0.5) is 0 Å². The zero-order valence-electron chi connectivity index (χ0n) is 17.2. The number of aryl methyl sites for hydroxylation is 1. The van der Waals surface area contributed by atoms with Gasteiger partial charge < -0.3 is 8.92 Å². The molecule has 0 heterocycles. The van der Waals surface area contributed by atoms with Crippen LogP contribution in [0.5, 0.6) is 11.5 Å². The Hall–Kier alpha value is -1.27. The van der Waals surface area contributed by atoms with Crippen molar-refractivity contribution in [1.29, 1.82) is 0 Å². The highest BCUT2D eigenvalue weighted by molar-refractivity contribution is 7.84. The Morgan fingerprint density at radius 1 is 1.18 bits per heavy atom. The lowest BCUT2D eigenvalue weighted by Crippen LogP contribution is -2.48. The van der Waals surface area contributed by atoms with Gasteiger partial charge in [-0.25, -0.2) is 0 Å². The number of ether oxygens (including phenoxy) is 1. The minimum atomic E-state index is -4.07. The van der Waals surface area contributed by atoms with Gasteiger partial charge in [-0.1, -0.05) is 26.7 Å². The van der Waals surface area contributed by atoms with E-state index in [-0.39, 0.29) is 5.75 Å². The molecule has 3 aliphatic carbocycles. The van der Waals surface area contributed by atoms with Crippen molar-refractivity contribution in [2.24, 2.45) is 28.3 Å². The summed E-state index contributed by atoms with van der Waals surface area (Å²) in [5, 5.41) is 5.08. The van der Waals surface area contributed by atoms with Gasteiger partial charge in [0.1, 0.15) is 0 Å². The molecule has 0 spiro atoms. The van der Waals surface area contributed by atoms with Crippen molar-refractivity contribution >= 4 is 10.3 Å². The smallest absolute Gasteiger partial charge is 0.380 e. The van der Waals surface area contributed by atoms with E-state index in [4.69, 9.17) is 14.1 Å². The first-order chi connectivity index (χ1) is 13.3. The summed E-state index contributed by atoms with van der Waals surface area (Å²) in [5.74, 6) is 3.56. The Bertz CT molecular complexity index is 852. The molecule has 0 amide bonds. The van der Waals surface area contributed by atoms with E-state index < -0.39 is 10.3 Å². The fourth-order valence-corrected chi connectivity index (χ4v) is 7.29. The van der Waals surface area contributed by atoms with Crippen LogP contribution in [0.2, 0.25) is 0 Å². The van der Waals surface area contributed by atoms with E-state index >= 15 is 0 Å². The van der Waals surface area contributed by atoms with Gasteiger partial charge in [-0.3, -0.25) is 0 Å². The highest BCUT2D eigenvalue weighted by Crippen LogP contribution is 2.62. The molecule has 0 bridgehead atoms. The average Bonchev–Trinajstić information content (AvgIpc) is 2.64. The second-order valence-electron chi connectivity index (χ2n) is 9.27. The van der Waals surface area contributed by atoms with Crippen molar-refractivity contribution in [2.75, 3.05) is 7.11 Å². The van der Waals surface area contributed by atoms with Crippen LogP contribution in [0.1, 0.15) is 75.8 Å². The van der Waals surface area contributed by atoms with Gasteiger partial charge >= 0.3 is 10.3 Å². The number of rotatable bonds is 4. The van der Waals surface area contributed by atoms with E-state index in [0.29, 0.717) is 17.1 Å². The first-order valence-corrected chi connectivity index (χ1v) is 12.2. The summed E-state index contributed by atoms with van der Waals surface area (Å²) in [6.07, 6.45) is 10.0. The summed E-state index contributed by atoms with van der Waals surface area (Å²) >= 11 is 0. The molecular weight excluding hydrogens is 374 g/mol. The maximum absolute atomic E-state index is 11.4. The number of methoxy groups -OCH3 is 1. The highest BCUT2D eigenvalue weighted by Gasteiger charge is 2.52. The summed E-state index contributed by atoms with van der Waals surface area (Å²) in [4.78, 5) is 0. The van der Waals surface area contributed by atoms with Crippen LogP contribution < -0.4 is 14.1 Å². The molecule has 3 unspecified atom stereocenters. The van der Waals surface area contributed by atoms with Crippen LogP contribution in [0.25, 0.3) is 0 Å². The van der Waals surface area contributed by atoms with E-state index in [1.165, 1.54) is 56.1 Å². The Balaban J connectivity index is 1.69. The highest BCUT2D eigenvalue weighted by atomic mass is 32.2. The largest absolute Gasteiger partial charge is 0.493 e. The number of hydrogen-bond acceptors (Lipinski definition) is 4. The molecule has 6 heteroatoms. The van der Waals surface area contributed by atoms with Crippen LogP contribution in [0.15, 0.2) is 12.1 Å². The van der Waals surface area contributed by atoms with Gasteiger partial charge in [0.2, 0.25) is 0 Å². The summed E-state index contributed by atoms with van der Waals surface area (Å²) in [6.45, 7) is 4.92. The summed E-state index contributed by atoms with van der Waals surface area (Å²) in [6, 6.07) is 3.84. The van der Waals surface area contributed by atoms with Gasteiger partial charge in [0.25, 0.3) is 0 Å². The van der Waals surface area contributed by atoms with Crippen molar-refractivity contribution in [3.63, 3.8) is 0 Å². The standard InChI is InChI=1S/C22H33NO4S/c1-4-15-6-5-7-19-17-9-8-14-12-21(27-28(23,24)25)20(26-3)13-18(14)16(17)10-11-22(15,19)2/h12-13,15-17,19H,4-11H2,1-3H3,(H2,23,24,25)/t15-,16?,17?,19?,22+/m0/s1. The number of benzene rings is 1. The van der Waals surface area contributed by atoms with Crippen LogP contribution in [-0.2, 0) is 16.7 Å².